The van der Waals surface area contributed by atoms with Gasteiger partial charge in [-0.1, -0.05) is 31.2 Å². The van der Waals surface area contributed by atoms with Crippen molar-refractivity contribution >= 4 is 30.7 Å². The van der Waals surface area contributed by atoms with Gasteiger partial charge in [-0.2, -0.15) is 5.10 Å². The highest BCUT2D eigenvalue weighted by Gasteiger charge is 2.13. The first-order chi connectivity index (χ1) is 9.40. The van der Waals surface area contributed by atoms with E-state index in [1.54, 1.807) is 18.0 Å². The molecular weight excluding hydrogens is 294 g/mol. The van der Waals surface area contributed by atoms with Gasteiger partial charge < -0.3 is 9.47 Å². The largest absolute Gasteiger partial charge is 0.493 e. The van der Waals surface area contributed by atoms with Crippen molar-refractivity contribution in [1.82, 2.24) is 14.8 Å². The van der Waals surface area contributed by atoms with E-state index in [4.69, 9.17) is 21.1 Å². The molecule has 0 amide bonds. The Bertz CT molecular complexity index is 595. The Morgan fingerprint density at radius 3 is 2.75 bits per heavy atom. The van der Waals surface area contributed by atoms with Gasteiger partial charge in [-0.25, -0.2) is 9.67 Å². The number of hydrogen-bond donors (Lipinski definition) is 0. The predicted molar refractivity (Wildman–Crippen MR) is 83.2 cm³/mol. The van der Waals surface area contributed by atoms with Gasteiger partial charge in [0.1, 0.15) is 12.2 Å². The van der Waals surface area contributed by atoms with Crippen LogP contribution in [0.3, 0.4) is 0 Å². The maximum absolute atomic E-state index is 5.99. The number of pyridine rings is 1. The van der Waals surface area contributed by atoms with Crippen molar-refractivity contribution in [1.29, 1.82) is 0 Å². The number of fused-ring (bicyclic) bond motifs is 1. The topological polar surface area (TPSA) is 49.2 Å². The number of nitrogens with zero attached hydrogens (tertiary/aromatic N) is 3. The van der Waals surface area contributed by atoms with Gasteiger partial charge in [0.25, 0.3) is 0 Å². The highest BCUT2D eigenvalue weighted by atomic mass is 35.5. The van der Waals surface area contributed by atoms with E-state index in [1.165, 1.54) is 0 Å². The molecule has 5 nitrogen and oxygen atoms in total. The Balaban J connectivity index is 2.07. The predicted octanol–water partition coefficient (Wildman–Crippen LogP) is 3.41. The fourth-order valence-electron chi connectivity index (χ4n) is 1.74. The molecule has 0 bridgehead atoms. The molecule has 0 radical (unpaired) electrons. The van der Waals surface area contributed by atoms with Crippen LogP contribution < -0.4 is 4.74 Å². The maximum atomic E-state index is 5.99. The third-order valence-corrected chi connectivity index (χ3v) is 4.95. The maximum Gasteiger partial charge on any atom is 0.171 e. The van der Waals surface area contributed by atoms with Gasteiger partial charge >= 0.3 is 0 Å². The van der Waals surface area contributed by atoms with E-state index in [-0.39, 0.29) is 0 Å². The lowest BCUT2D eigenvalue weighted by Crippen LogP contribution is -2.22. The number of hydrogen-bond acceptors (Lipinski definition) is 4. The summed E-state index contributed by atoms with van der Waals surface area (Å²) in [5.74, 6) is 0.544. The zero-order chi connectivity index (χ0) is 14.8. The summed E-state index contributed by atoms with van der Waals surface area (Å²) < 4.78 is 12.6. The van der Waals surface area contributed by atoms with Crippen LogP contribution in [0.2, 0.25) is 30.8 Å². The first kappa shape index (κ1) is 15.3. The van der Waals surface area contributed by atoms with Crippen LogP contribution in [0.1, 0.15) is 0 Å². The van der Waals surface area contributed by atoms with E-state index < -0.39 is 8.07 Å². The Morgan fingerprint density at radius 2 is 2.10 bits per heavy atom. The van der Waals surface area contributed by atoms with Crippen LogP contribution in [0, 0.1) is 0 Å². The molecule has 2 heterocycles. The van der Waals surface area contributed by atoms with E-state index in [0.29, 0.717) is 17.6 Å². The average Bonchev–Trinajstić information content (AvgIpc) is 2.74. The van der Waals surface area contributed by atoms with Crippen LogP contribution in [-0.4, -0.2) is 36.6 Å². The molecule has 20 heavy (non-hydrogen) atoms. The van der Waals surface area contributed by atoms with Gasteiger partial charge in [0, 0.05) is 20.7 Å². The monoisotopic (exact) mass is 313 g/mol. The summed E-state index contributed by atoms with van der Waals surface area (Å²) in [6.07, 6.45) is 1.68. The van der Waals surface area contributed by atoms with E-state index in [2.05, 4.69) is 29.7 Å². The molecule has 0 unspecified atom stereocenters. The summed E-state index contributed by atoms with van der Waals surface area (Å²) in [4.78, 5) is 4.24. The number of aromatic nitrogens is 3. The molecule has 0 fully saturated rings. The third kappa shape index (κ3) is 3.71. The lowest BCUT2D eigenvalue weighted by Gasteiger charge is -2.15. The molecule has 2 aromatic rings. The molecule has 2 rings (SSSR count). The summed E-state index contributed by atoms with van der Waals surface area (Å²) in [6.45, 7) is 8.17. The molecule has 110 valence electrons. The van der Waals surface area contributed by atoms with Crippen molar-refractivity contribution in [3.63, 3.8) is 0 Å². The smallest absolute Gasteiger partial charge is 0.171 e. The van der Waals surface area contributed by atoms with Gasteiger partial charge in [-0.3, -0.25) is 0 Å². The van der Waals surface area contributed by atoms with Gasteiger partial charge in [0.15, 0.2) is 10.9 Å². The highest BCUT2D eigenvalue weighted by molar-refractivity contribution is 6.76. The summed E-state index contributed by atoms with van der Waals surface area (Å²) in [7, 11) is 0.510. The van der Waals surface area contributed by atoms with Gasteiger partial charge in [-0.15, -0.1) is 0 Å². The molecule has 0 aliphatic rings. The van der Waals surface area contributed by atoms with E-state index in [0.717, 1.165) is 23.7 Å². The average molecular weight is 314 g/mol. The number of ether oxygens (including phenoxy) is 2. The molecule has 0 saturated heterocycles. The Labute approximate surface area is 124 Å². The minimum absolute atomic E-state index is 0.346. The second-order valence-corrected chi connectivity index (χ2v) is 11.9. The normalized spacial score (nSPS) is 12.1. The zero-order valence-electron chi connectivity index (χ0n) is 12.3. The van der Waals surface area contributed by atoms with Crippen LogP contribution in [0.25, 0.3) is 11.0 Å². The number of methoxy groups -OCH3 is 1. The van der Waals surface area contributed by atoms with Crippen molar-refractivity contribution < 1.29 is 9.47 Å². The SMILES string of the molecule is COc1cc2c(cnn2COCC[Si](C)(C)C)nc1Cl. The summed E-state index contributed by atoms with van der Waals surface area (Å²) in [5.41, 5.74) is 1.60. The zero-order valence-corrected chi connectivity index (χ0v) is 14.1. The quantitative estimate of drug-likeness (QED) is 0.466. The Kier molecular flexibility index (Phi) is 4.67. The minimum Gasteiger partial charge on any atom is -0.493 e. The van der Waals surface area contributed by atoms with Gasteiger partial charge in [0.2, 0.25) is 0 Å². The third-order valence-electron chi connectivity index (χ3n) is 2.98. The molecule has 0 aliphatic carbocycles. The molecule has 0 atom stereocenters. The van der Waals surface area contributed by atoms with Crippen molar-refractivity contribution in [3.8, 4) is 5.75 Å². The number of halogens is 1. The summed E-state index contributed by atoms with van der Waals surface area (Å²) >= 11 is 5.99. The van der Waals surface area contributed by atoms with Crippen molar-refractivity contribution in [3.05, 3.63) is 17.4 Å². The van der Waals surface area contributed by atoms with Crippen LogP contribution in [0.4, 0.5) is 0 Å². The molecule has 0 N–H and O–H groups in total. The Hall–Kier alpha value is -1.11. The van der Waals surface area contributed by atoms with Crippen LogP contribution in [0.5, 0.6) is 5.75 Å². The molecule has 7 heteroatoms. The molecule has 0 saturated carbocycles. The van der Waals surface area contributed by atoms with Crippen LogP contribution in [-0.2, 0) is 11.5 Å². The first-order valence-corrected chi connectivity index (χ1v) is 10.6. The van der Waals surface area contributed by atoms with Crippen molar-refractivity contribution in [2.45, 2.75) is 32.4 Å². The minimum atomic E-state index is -1.06. The standard InChI is InChI=1S/C13H20ClN3O2Si/c1-18-12-7-11-10(16-13(12)14)8-15-17(11)9-19-5-6-20(2,3)4/h7-8H,5-6,9H2,1-4H3. The molecule has 0 aliphatic heterocycles. The van der Waals surface area contributed by atoms with Crippen molar-refractivity contribution in [2.24, 2.45) is 0 Å². The van der Waals surface area contributed by atoms with E-state index in [1.807, 2.05) is 6.07 Å². The summed E-state index contributed by atoms with van der Waals surface area (Å²) in [5, 5.41) is 4.62. The second-order valence-electron chi connectivity index (χ2n) is 5.88. The second kappa shape index (κ2) is 6.11. The Morgan fingerprint density at radius 1 is 1.35 bits per heavy atom. The fraction of sp³-hybridized carbons (Fsp3) is 0.538. The lowest BCUT2D eigenvalue weighted by atomic mass is 10.4. The molecular formula is C13H20ClN3O2Si. The highest BCUT2D eigenvalue weighted by Crippen LogP contribution is 2.26. The van der Waals surface area contributed by atoms with E-state index >= 15 is 0 Å². The first-order valence-electron chi connectivity index (χ1n) is 6.54. The van der Waals surface area contributed by atoms with Gasteiger partial charge in [-0.05, 0) is 6.04 Å². The van der Waals surface area contributed by atoms with E-state index in [9.17, 15) is 0 Å². The van der Waals surface area contributed by atoms with Gasteiger partial charge in [0.05, 0.1) is 18.8 Å². The molecule has 0 aromatic carbocycles. The van der Waals surface area contributed by atoms with Crippen LogP contribution in [0.15, 0.2) is 12.3 Å². The lowest BCUT2D eigenvalue weighted by molar-refractivity contribution is 0.0817. The molecule has 2 aromatic heterocycles. The number of rotatable bonds is 6. The summed E-state index contributed by atoms with van der Waals surface area (Å²) in [6, 6.07) is 2.97. The fourth-order valence-corrected chi connectivity index (χ4v) is 2.72. The molecule has 0 spiro atoms. The van der Waals surface area contributed by atoms with Crippen LogP contribution >= 0.6 is 11.6 Å². The van der Waals surface area contributed by atoms with Crippen molar-refractivity contribution in [2.75, 3.05) is 13.7 Å².